The van der Waals surface area contributed by atoms with E-state index in [1.807, 2.05) is 0 Å². The third-order valence-corrected chi connectivity index (χ3v) is 8.42. The molecule has 0 aromatic carbocycles. The maximum atomic E-state index is 12.3. The Hall–Kier alpha value is -1.33. The molecule has 3 saturated carbocycles. The summed E-state index contributed by atoms with van der Waals surface area (Å²) in [5.41, 5.74) is 0.0287. The number of rotatable bonds is 3. The molecule has 0 heterocycles. The lowest BCUT2D eigenvalue weighted by molar-refractivity contribution is -0.146. The van der Waals surface area contributed by atoms with Gasteiger partial charge in [-0.2, -0.15) is 0 Å². The smallest absolute Gasteiger partial charge is 0.162 e. The highest BCUT2D eigenvalue weighted by molar-refractivity contribution is 5.92. The van der Waals surface area contributed by atoms with Gasteiger partial charge in [0, 0.05) is 23.2 Å². The molecule has 0 radical (unpaired) electrons. The molecule has 0 bridgehead atoms. The Labute approximate surface area is 153 Å². The van der Waals surface area contributed by atoms with Crippen molar-refractivity contribution in [3.8, 4) is 0 Å². The van der Waals surface area contributed by atoms with E-state index in [4.69, 9.17) is 0 Å². The fourth-order valence-corrected chi connectivity index (χ4v) is 7.13. The third kappa shape index (κ3) is 2.19. The normalized spacial score (nSPS) is 47.4. The molecule has 0 unspecified atom stereocenters. The quantitative estimate of drug-likeness (QED) is 0.750. The molecule has 0 aromatic heterocycles. The summed E-state index contributed by atoms with van der Waals surface area (Å²) in [6, 6.07) is 0. The molecule has 2 N–H and O–H groups in total. The molecule has 0 amide bonds. The second kappa shape index (κ2) is 6.10. The van der Waals surface area contributed by atoms with Gasteiger partial charge in [-0.3, -0.25) is 9.59 Å². The third-order valence-electron chi connectivity index (χ3n) is 8.42. The van der Waals surface area contributed by atoms with E-state index >= 15 is 0 Å². The van der Waals surface area contributed by atoms with Crippen molar-refractivity contribution in [1.82, 2.24) is 0 Å². The highest BCUT2D eigenvalue weighted by atomic mass is 16.3. The van der Waals surface area contributed by atoms with Gasteiger partial charge in [0.05, 0.1) is 6.10 Å². The van der Waals surface area contributed by atoms with Crippen LogP contribution in [0.4, 0.5) is 0 Å². The van der Waals surface area contributed by atoms with Crippen molar-refractivity contribution in [1.29, 1.82) is 0 Å². The SMILES string of the molecule is C[C@@]12C(=CC(=O)C[C@H]1O)CC[C@H]1[C@@H]3CC[C@H](C(=O)CO)[C@@]3(C=O)CC[C@@H]12. The molecule has 0 aromatic rings. The van der Waals surface area contributed by atoms with Crippen molar-refractivity contribution >= 4 is 17.9 Å². The van der Waals surface area contributed by atoms with Crippen LogP contribution in [0.5, 0.6) is 0 Å². The second-order valence-corrected chi connectivity index (χ2v) is 9.08. The van der Waals surface area contributed by atoms with Crippen molar-refractivity contribution in [3.05, 3.63) is 11.6 Å². The van der Waals surface area contributed by atoms with E-state index in [1.54, 1.807) is 6.08 Å². The van der Waals surface area contributed by atoms with Crippen molar-refractivity contribution in [2.75, 3.05) is 6.61 Å². The lowest BCUT2D eigenvalue weighted by Gasteiger charge is -2.58. The van der Waals surface area contributed by atoms with Crippen LogP contribution >= 0.6 is 0 Å². The molecular weight excluding hydrogens is 332 g/mol. The van der Waals surface area contributed by atoms with E-state index in [2.05, 4.69) is 6.92 Å². The Morgan fingerprint density at radius 1 is 1.27 bits per heavy atom. The minimum atomic E-state index is -0.664. The average molecular weight is 360 g/mol. The lowest BCUT2D eigenvalue weighted by Crippen LogP contribution is -2.56. The van der Waals surface area contributed by atoms with Gasteiger partial charge in [0.2, 0.25) is 0 Å². The van der Waals surface area contributed by atoms with Crippen LogP contribution in [-0.2, 0) is 14.4 Å². The number of carbonyl (C=O) groups is 3. The number of Topliss-reactive ketones (excluding diaryl/α,β-unsaturated/α-hetero) is 1. The van der Waals surface area contributed by atoms with E-state index in [0.29, 0.717) is 12.8 Å². The van der Waals surface area contributed by atoms with Gasteiger partial charge >= 0.3 is 0 Å². The molecule has 4 rings (SSSR count). The van der Waals surface area contributed by atoms with Gasteiger partial charge < -0.3 is 15.0 Å². The molecule has 0 aliphatic heterocycles. The summed E-state index contributed by atoms with van der Waals surface area (Å²) in [4.78, 5) is 36.4. The Morgan fingerprint density at radius 3 is 2.73 bits per heavy atom. The number of aliphatic hydroxyl groups excluding tert-OH is 2. The van der Waals surface area contributed by atoms with Crippen molar-refractivity contribution in [3.63, 3.8) is 0 Å². The Kier molecular flexibility index (Phi) is 4.23. The monoisotopic (exact) mass is 360 g/mol. The highest BCUT2D eigenvalue weighted by Crippen LogP contribution is 2.66. The maximum absolute atomic E-state index is 12.3. The summed E-state index contributed by atoms with van der Waals surface area (Å²) in [5.74, 6) is 0.114. The molecule has 4 aliphatic rings. The van der Waals surface area contributed by atoms with Crippen LogP contribution in [-0.4, -0.2) is 40.8 Å². The average Bonchev–Trinajstić information content (AvgIpc) is 3.02. The van der Waals surface area contributed by atoms with E-state index in [-0.39, 0.29) is 41.7 Å². The number of aldehydes is 1. The van der Waals surface area contributed by atoms with Gasteiger partial charge in [-0.25, -0.2) is 0 Å². The Morgan fingerprint density at radius 2 is 2.04 bits per heavy atom. The van der Waals surface area contributed by atoms with Crippen LogP contribution in [0.25, 0.3) is 0 Å². The second-order valence-electron chi connectivity index (χ2n) is 9.08. The first-order chi connectivity index (χ1) is 12.4. The number of carbonyl (C=O) groups excluding carboxylic acids is 3. The number of ketones is 2. The van der Waals surface area contributed by atoms with E-state index in [0.717, 1.165) is 37.5 Å². The van der Waals surface area contributed by atoms with Gasteiger partial charge in [-0.15, -0.1) is 0 Å². The maximum Gasteiger partial charge on any atom is 0.162 e. The molecule has 5 nitrogen and oxygen atoms in total. The summed E-state index contributed by atoms with van der Waals surface area (Å²) in [7, 11) is 0. The number of hydrogen-bond acceptors (Lipinski definition) is 5. The van der Waals surface area contributed by atoms with Gasteiger partial charge in [-0.1, -0.05) is 12.5 Å². The van der Waals surface area contributed by atoms with Crippen molar-refractivity contribution < 1.29 is 24.6 Å². The summed E-state index contributed by atoms with van der Waals surface area (Å²) in [6.07, 6.45) is 6.89. The standard InChI is InChI=1S/C21H28O5/c1-20-12(8-13(24)9-19(20)26)2-3-14-15(20)6-7-21(11-23)16(14)4-5-17(21)18(25)10-22/h8,11,14-17,19,22,26H,2-7,9-10H2,1H3/t14-,15+,16+,17-,19-,20+,21-/m1/s1. The zero-order chi connectivity index (χ0) is 18.7. The molecular formula is C21H28O5. The molecule has 5 heteroatoms. The molecule has 3 fully saturated rings. The largest absolute Gasteiger partial charge is 0.392 e. The van der Waals surface area contributed by atoms with Gasteiger partial charge in [0.1, 0.15) is 12.9 Å². The predicted octanol–water partition coefficient (Wildman–Crippen LogP) is 1.85. The summed E-state index contributed by atoms with van der Waals surface area (Å²) in [5, 5.41) is 20.1. The number of hydrogen-bond donors (Lipinski definition) is 2. The van der Waals surface area contributed by atoms with Crippen LogP contribution in [0.2, 0.25) is 0 Å². The molecule has 142 valence electrons. The number of fused-ring (bicyclic) bond motifs is 5. The molecule has 0 spiro atoms. The summed E-state index contributed by atoms with van der Waals surface area (Å²) in [6.45, 7) is 1.60. The van der Waals surface area contributed by atoms with Crippen molar-refractivity contribution in [2.24, 2.45) is 34.5 Å². The first kappa shape index (κ1) is 18.1. The first-order valence-corrected chi connectivity index (χ1v) is 9.90. The van der Waals surface area contributed by atoms with E-state index in [9.17, 15) is 24.6 Å². The molecule has 7 atom stereocenters. The Bertz CT molecular complexity index is 682. The van der Waals surface area contributed by atoms with Crippen LogP contribution < -0.4 is 0 Å². The minimum Gasteiger partial charge on any atom is -0.392 e. The van der Waals surface area contributed by atoms with Gasteiger partial charge in [0.15, 0.2) is 11.6 Å². The number of aliphatic hydroxyl groups is 2. The zero-order valence-electron chi connectivity index (χ0n) is 15.3. The zero-order valence-corrected chi connectivity index (χ0v) is 15.3. The fourth-order valence-electron chi connectivity index (χ4n) is 7.13. The van der Waals surface area contributed by atoms with Gasteiger partial charge in [-0.05, 0) is 62.4 Å². The molecule has 4 aliphatic carbocycles. The van der Waals surface area contributed by atoms with Crippen molar-refractivity contribution in [2.45, 2.75) is 58.0 Å². The highest BCUT2D eigenvalue weighted by Gasteiger charge is 2.63. The van der Waals surface area contributed by atoms with E-state index in [1.165, 1.54) is 0 Å². The first-order valence-electron chi connectivity index (χ1n) is 9.90. The lowest BCUT2D eigenvalue weighted by atomic mass is 9.46. The fraction of sp³-hybridized carbons (Fsp3) is 0.762. The summed E-state index contributed by atoms with van der Waals surface area (Å²) >= 11 is 0. The van der Waals surface area contributed by atoms with Crippen LogP contribution in [0.1, 0.15) is 51.9 Å². The van der Waals surface area contributed by atoms with Crippen LogP contribution in [0.15, 0.2) is 11.6 Å². The van der Waals surface area contributed by atoms with Gasteiger partial charge in [0.25, 0.3) is 0 Å². The van der Waals surface area contributed by atoms with Crippen LogP contribution in [0, 0.1) is 34.5 Å². The summed E-state index contributed by atoms with van der Waals surface area (Å²) < 4.78 is 0. The van der Waals surface area contributed by atoms with Crippen LogP contribution in [0.3, 0.4) is 0 Å². The minimum absolute atomic E-state index is 0.0101. The molecule has 0 saturated heterocycles. The Balaban J connectivity index is 1.71. The molecule has 26 heavy (non-hydrogen) atoms. The van der Waals surface area contributed by atoms with E-state index < -0.39 is 23.5 Å². The topological polar surface area (TPSA) is 91.7 Å². The predicted molar refractivity (Wildman–Crippen MR) is 94.1 cm³/mol.